The number of benzene rings is 4. The first kappa shape index (κ1) is 29.5. The highest BCUT2D eigenvalue weighted by molar-refractivity contribution is 5.73. The Hall–Kier alpha value is -3.52. The lowest BCUT2D eigenvalue weighted by Crippen LogP contribution is -1.97. The van der Waals surface area contributed by atoms with Gasteiger partial charge >= 0.3 is 0 Å². The van der Waals surface area contributed by atoms with Crippen molar-refractivity contribution in [2.75, 3.05) is 13.2 Å². The van der Waals surface area contributed by atoms with Gasteiger partial charge in [-0.1, -0.05) is 138 Å². The van der Waals surface area contributed by atoms with Gasteiger partial charge in [0.25, 0.3) is 0 Å². The lowest BCUT2D eigenvalue weighted by Gasteiger charge is -2.09. The van der Waals surface area contributed by atoms with Gasteiger partial charge in [0.1, 0.15) is 11.5 Å². The molecule has 4 rings (SSSR count). The van der Waals surface area contributed by atoms with Crippen molar-refractivity contribution in [2.24, 2.45) is 0 Å². The third-order valence-electron chi connectivity index (χ3n) is 7.51. The van der Waals surface area contributed by atoms with Crippen molar-refractivity contribution in [2.45, 2.75) is 78.1 Å². The summed E-state index contributed by atoms with van der Waals surface area (Å²) in [6.07, 6.45) is 12.6. The number of hydrogen-bond acceptors (Lipinski definition) is 2. The Morgan fingerprint density at radius 2 is 0.575 bits per heavy atom. The molecule has 0 N–H and O–H groups in total. The van der Waals surface area contributed by atoms with Crippen molar-refractivity contribution >= 4 is 0 Å². The van der Waals surface area contributed by atoms with Crippen LogP contribution in [0.1, 0.15) is 78.1 Å². The molecule has 0 radical (unpaired) electrons. The van der Waals surface area contributed by atoms with Crippen molar-refractivity contribution in [3.63, 3.8) is 0 Å². The molecular formula is C38H46O2. The fourth-order valence-corrected chi connectivity index (χ4v) is 4.99. The molecule has 0 aliphatic carbocycles. The molecule has 2 nitrogen and oxygen atoms in total. The Morgan fingerprint density at radius 1 is 0.325 bits per heavy atom. The highest BCUT2D eigenvalue weighted by Gasteiger charge is 2.04. The standard InChI is InChI=1S/C38H46O2/c1-3-5-7-9-11-29-39-37-25-21-35(22-26-37)33-17-13-31(14-18-33)32-15-19-34(20-16-32)36-23-27-38(28-24-36)40-30-12-10-8-6-4-2/h13-28H,3-12,29-30H2,1-2H3. The summed E-state index contributed by atoms with van der Waals surface area (Å²) in [5.74, 6) is 1.91. The van der Waals surface area contributed by atoms with E-state index >= 15 is 0 Å². The minimum atomic E-state index is 0.801. The van der Waals surface area contributed by atoms with E-state index in [0.717, 1.165) is 37.6 Å². The summed E-state index contributed by atoms with van der Waals surface area (Å²) in [6.45, 7) is 6.10. The molecular weight excluding hydrogens is 488 g/mol. The molecule has 0 atom stereocenters. The molecule has 40 heavy (non-hydrogen) atoms. The van der Waals surface area contributed by atoms with Crippen molar-refractivity contribution in [3.05, 3.63) is 97.1 Å². The van der Waals surface area contributed by atoms with Gasteiger partial charge < -0.3 is 9.47 Å². The maximum Gasteiger partial charge on any atom is 0.119 e. The van der Waals surface area contributed by atoms with Crippen LogP contribution in [-0.4, -0.2) is 13.2 Å². The minimum absolute atomic E-state index is 0.801. The quantitative estimate of drug-likeness (QED) is 0.125. The van der Waals surface area contributed by atoms with E-state index in [1.54, 1.807) is 0 Å². The Labute approximate surface area is 242 Å². The zero-order valence-corrected chi connectivity index (χ0v) is 24.5. The van der Waals surface area contributed by atoms with Gasteiger partial charge in [-0.25, -0.2) is 0 Å². The molecule has 0 spiro atoms. The van der Waals surface area contributed by atoms with E-state index in [0.29, 0.717) is 0 Å². The smallest absolute Gasteiger partial charge is 0.119 e. The lowest BCUT2D eigenvalue weighted by atomic mass is 9.98. The summed E-state index contributed by atoms with van der Waals surface area (Å²) in [5.41, 5.74) is 7.30. The van der Waals surface area contributed by atoms with E-state index < -0.39 is 0 Å². The molecule has 0 unspecified atom stereocenters. The number of rotatable bonds is 17. The van der Waals surface area contributed by atoms with Crippen LogP contribution < -0.4 is 9.47 Å². The summed E-state index contributed by atoms with van der Waals surface area (Å²) in [5, 5.41) is 0. The number of hydrogen-bond donors (Lipinski definition) is 0. The van der Waals surface area contributed by atoms with Crippen molar-refractivity contribution in [1.29, 1.82) is 0 Å². The highest BCUT2D eigenvalue weighted by atomic mass is 16.5. The van der Waals surface area contributed by atoms with E-state index in [9.17, 15) is 0 Å². The van der Waals surface area contributed by atoms with Crippen LogP contribution in [0.15, 0.2) is 97.1 Å². The molecule has 4 aromatic carbocycles. The summed E-state index contributed by atoms with van der Waals surface area (Å²) in [7, 11) is 0. The van der Waals surface area contributed by atoms with Crippen LogP contribution in [0.5, 0.6) is 11.5 Å². The average molecular weight is 535 g/mol. The fourth-order valence-electron chi connectivity index (χ4n) is 4.99. The first-order chi connectivity index (χ1) is 19.8. The second-order valence-electron chi connectivity index (χ2n) is 10.7. The van der Waals surface area contributed by atoms with Gasteiger partial charge in [-0.2, -0.15) is 0 Å². The molecule has 2 heteroatoms. The van der Waals surface area contributed by atoms with Gasteiger partial charge in [-0.15, -0.1) is 0 Å². The van der Waals surface area contributed by atoms with Crippen LogP contribution in [0.4, 0.5) is 0 Å². The lowest BCUT2D eigenvalue weighted by molar-refractivity contribution is 0.304. The first-order valence-electron chi connectivity index (χ1n) is 15.4. The van der Waals surface area contributed by atoms with Gasteiger partial charge in [0.2, 0.25) is 0 Å². The predicted octanol–water partition coefficient (Wildman–Crippen LogP) is 11.4. The van der Waals surface area contributed by atoms with E-state index in [4.69, 9.17) is 9.47 Å². The monoisotopic (exact) mass is 534 g/mol. The van der Waals surface area contributed by atoms with Crippen molar-refractivity contribution < 1.29 is 9.47 Å². The number of ether oxygens (including phenoxy) is 2. The van der Waals surface area contributed by atoms with Crippen LogP contribution in [0.3, 0.4) is 0 Å². The molecule has 0 saturated carbocycles. The molecule has 0 bridgehead atoms. The van der Waals surface area contributed by atoms with Crippen molar-refractivity contribution in [3.8, 4) is 44.9 Å². The van der Waals surface area contributed by atoms with Gasteiger partial charge in [-0.3, -0.25) is 0 Å². The molecule has 0 saturated heterocycles. The molecule has 0 aliphatic rings. The highest BCUT2D eigenvalue weighted by Crippen LogP contribution is 2.29. The largest absolute Gasteiger partial charge is 0.494 e. The molecule has 0 aliphatic heterocycles. The molecule has 4 aromatic rings. The summed E-state index contributed by atoms with van der Waals surface area (Å²) in [6, 6.07) is 34.6. The minimum Gasteiger partial charge on any atom is -0.494 e. The SMILES string of the molecule is CCCCCCCOc1ccc(-c2ccc(-c3ccc(-c4ccc(OCCCCCCC)cc4)cc3)cc2)cc1. The van der Waals surface area contributed by atoms with E-state index in [2.05, 4.69) is 111 Å². The summed E-state index contributed by atoms with van der Waals surface area (Å²) in [4.78, 5) is 0. The van der Waals surface area contributed by atoms with Crippen molar-refractivity contribution in [1.82, 2.24) is 0 Å². The Balaban J connectivity index is 1.27. The van der Waals surface area contributed by atoms with Crippen LogP contribution in [0.2, 0.25) is 0 Å². The van der Waals surface area contributed by atoms with E-state index in [1.807, 2.05) is 0 Å². The zero-order valence-electron chi connectivity index (χ0n) is 24.5. The fraction of sp³-hybridized carbons (Fsp3) is 0.368. The van der Waals surface area contributed by atoms with Gasteiger partial charge in [0.05, 0.1) is 13.2 Å². The molecule has 0 aromatic heterocycles. The summed E-state index contributed by atoms with van der Waals surface area (Å²) >= 11 is 0. The van der Waals surface area contributed by atoms with Crippen LogP contribution in [-0.2, 0) is 0 Å². The van der Waals surface area contributed by atoms with Gasteiger partial charge in [0.15, 0.2) is 0 Å². The second kappa shape index (κ2) is 16.6. The van der Waals surface area contributed by atoms with E-state index in [-0.39, 0.29) is 0 Å². The third kappa shape index (κ3) is 9.30. The van der Waals surface area contributed by atoms with Crippen LogP contribution >= 0.6 is 0 Å². The number of unbranched alkanes of at least 4 members (excludes halogenated alkanes) is 8. The Bertz CT molecular complexity index is 1120. The van der Waals surface area contributed by atoms with Crippen LogP contribution in [0, 0.1) is 0 Å². The topological polar surface area (TPSA) is 18.5 Å². The maximum atomic E-state index is 5.93. The third-order valence-corrected chi connectivity index (χ3v) is 7.51. The maximum absolute atomic E-state index is 5.93. The molecule has 0 amide bonds. The average Bonchev–Trinajstić information content (AvgIpc) is 3.01. The second-order valence-corrected chi connectivity index (χ2v) is 10.7. The molecule has 210 valence electrons. The van der Waals surface area contributed by atoms with E-state index in [1.165, 1.54) is 84.7 Å². The molecule has 0 fully saturated rings. The zero-order chi connectivity index (χ0) is 27.8. The Kier molecular flexibility index (Phi) is 12.2. The van der Waals surface area contributed by atoms with Gasteiger partial charge in [-0.05, 0) is 70.5 Å². The summed E-state index contributed by atoms with van der Waals surface area (Å²) < 4.78 is 11.9. The van der Waals surface area contributed by atoms with Gasteiger partial charge in [0, 0.05) is 0 Å². The first-order valence-corrected chi connectivity index (χ1v) is 15.4. The molecule has 0 heterocycles. The normalized spacial score (nSPS) is 10.9. The van der Waals surface area contributed by atoms with Crippen LogP contribution in [0.25, 0.3) is 33.4 Å². The predicted molar refractivity (Wildman–Crippen MR) is 171 cm³/mol. The Morgan fingerprint density at radius 3 is 0.850 bits per heavy atom.